The minimum Gasteiger partial charge on any atom is -0.495 e. The Bertz CT molecular complexity index is 3140. The number of hydrogen-bond acceptors (Lipinski definition) is 15. The summed E-state index contributed by atoms with van der Waals surface area (Å²) in [6.45, 7) is 9.47. The van der Waals surface area contributed by atoms with E-state index < -0.39 is 21.0 Å². The molecule has 1 unspecified atom stereocenters. The quantitative estimate of drug-likeness (QED) is 0.0415. The Morgan fingerprint density at radius 1 is 0.871 bits per heavy atom. The van der Waals surface area contributed by atoms with E-state index in [0.29, 0.717) is 65.1 Å². The minimum absolute atomic E-state index is 0.00457. The Morgan fingerprint density at radius 2 is 1.53 bits per heavy atom. The van der Waals surface area contributed by atoms with Crippen molar-refractivity contribution < 1.29 is 32.3 Å². The van der Waals surface area contributed by atoms with Gasteiger partial charge in [-0.1, -0.05) is 60.1 Å². The van der Waals surface area contributed by atoms with Crippen molar-refractivity contribution in [3.05, 3.63) is 137 Å². The van der Waals surface area contributed by atoms with Gasteiger partial charge in [-0.15, -0.1) is 0 Å². The summed E-state index contributed by atoms with van der Waals surface area (Å²) in [7, 11) is -0.918. The average molecular weight is 1010 g/mol. The highest BCUT2D eigenvalue weighted by molar-refractivity contribution is 7.92. The van der Waals surface area contributed by atoms with Crippen LogP contribution in [0, 0.1) is 6.92 Å². The molecule has 0 fully saturated rings. The normalized spacial score (nSPS) is 12.4. The number of carbonyl (C=O) groups excluding carboxylic acids is 3. The van der Waals surface area contributed by atoms with E-state index in [0.717, 1.165) is 17.2 Å². The monoisotopic (exact) mass is 1010 g/mol. The summed E-state index contributed by atoms with van der Waals surface area (Å²) in [4.78, 5) is 57.8. The number of carbonyl (C=O) groups is 3. The number of methoxy groups -OCH3 is 1. The summed E-state index contributed by atoms with van der Waals surface area (Å²) in [5.74, 6) is 0.603. The number of benzene rings is 4. The van der Waals surface area contributed by atoms with E-state index in [4.69, 9.17) is 32.7 Å². The molecule has 3 amide bonds. The number of ether oxygens (including phenoxy) is 2. The van der Waals surface area contributed by atoms with E-state index in [2.05, 4.69) is 58.4 Å². The molecule has 0 spiro atoms. The van der Waals surface area contributed by atoms with Crippen molar-refractivity contribution in [3.8, 4) is 11.5 Å². The van der Waals surface area contributed by atoms with Gasteiger partial charge >= 0.3 is 0 Å². The lowest BCUT2D eigenvalue weighted by Gasteiger charge is -2.21. The standard InChI is InChI=1S/C49H49Cl2N11O7S/c1-7-41(63)55-30-20-21-38(69-8-2)37(25-30)58-48-53-26-34(51)46(60-48)57-36-17-11-12-18-40(36)70(66,67)29(4)14-13-19-42(64)62-23-22-32-43(39(68-6)24-28(3)44(32)62)59-49-54-27-33(50)45(61-49)56-35-16-10-9-15-31(35)47(65)52-5/h7,9-13,15-21,24-27,29H,1,8,14,22-23H2,2-6H3,(H,52,65)(H,55,63)(H2,53,57,58,60)(H2,54,56,59,61). The molecule has 6 aromatic rings. The molecule has 2 aromatic heterocycles. The molecule has 18 nitrogen and oxygen atoms in total. The number of nitrogens with zero attached hydrogens (tertiary/aromatic N) is 5. The van der Waals surface area contributed by atoms with E-state index in [1.807, 2.05) is 19.9 Å². The topological polar surface area (TPSA) is 231 Å². The first-order valence-corrected chi connectivity index (χ1v) is 24.1. The number of aryl methyl sites for hydroxylation is 1. The maximum atomic E-state index is 14.2. The SMILES string of the molecule is C=CC(=O)Nc1ccc(OCC)c(Nc2ncc(Cl)c(Nc3ccccc3S(=O)(=O)C(C)CC=CC(=O)N3CCc4c(Nc5ncc(Cl)c(Nc6ccccc6C(=O)NC)n5)c(OC)cc(C)c43)n2)c1. The van der Waals surface area contributed by atoms with E-state index in [1.165, 1.54) is 31.6 Å². The van der Waals surface area contributed by atoms with Gasteiger partial charge in [-0.05, 0) is 99.9 Å². The zero-order chi connectivity index (χ0) is 50.1. The molecule has 1 aliphatic rings. The molecule has 0 saturated carbocycles. The first-order chi connectivity index (χ1) is 33.6. The van der Waals surface area contributed by atoms with Gasteiger partial charge in [0.25, 0.3) is 11.8 Å². The molecule has 21 heteroatoms. The number of sulfone groups is 1. The van der Waals surface area contributed by atoms with Gasteiger partial charge in [0.15, 0.2) is 21.5 Å². The van der Waals surface area contributed by atoms with Crippen LogP contribution >= 0.6 is 23.2 Å². The molecular formula is C49H49Cl2N11O7S. The summed E-state index contributed by atoms with van der Waals surface area (Å²) in [6.07, 6.45) is 7.37. The molecule has 6 N–H and O–H groups in total. The Hall–Kier alpha value is -7.74. The van der Waals surface area contributed by atoms with Crippen LogP contribution in [0.2, 0.25) is 10.0 Å². The second-order valence-electron chi connectivity index (χ2n) is 15.6. The zero-order valence-electron chi connectivity index (χ0n) is 38.7. The highest BCUT2D eigenvalue weighted by Crippen LogP contribution is 2.44. The molecule has 4 aromatic carbocycles. The van der Waals surface area contributed by atoms with Crippen LogP contribution < -0.4 is 46.3 Å². The number of para-hydroxylation sites is 2. The number of rotatable bonds is 19. The van der Waals surface area contributed by atoms with Crippen LogP contribution in [0.5, 0.6) is 11.5 Å². The molecule has 0 saturated heterocycles. The van der Waals surface area contributed by atoms with Gasteiger partial charge in [0.1, 0.15) is 21.5 Å². The smallest absolute Gasteiger partial charge is 0.253 e. The molecule has 7 rings (SSSR count). The van der Waals surface area contributed by atoms with Crippen molar-refractivity contribution in [2.45, 2.75) is 43.8 Å². The molecule has 362 valence electrons. The van der Waals surface area contributed by atoms with Crippen LogP contribution in [0.3, 0.4) is 0 Å². The highest BCUT2D eigenvalue weighted by atomic mass is 35.5. The van der Waals surface area contributed by atoms with Crippen LogP contribution in [0.4, 0.5) is 57.7 Å². The van der Waals surface area contributed by atoms with Gasteiger partial charge in [0, 0.05) is 24.8 Å². The lowest BCUT2D eigenvalue weighted by atomic mass is 10.0. The summed E-state index contributed by atoms with van der Waals surface area (Å²) in [6, 6.07) is 20.1. The molecule has 70 heavy (non-hydrogen) atoms. The Balaban J connectivity index is 1.06. The van der Waals surface area contributed by atoms with E-state index in [-0.39, 0.29) is 62.4 Å². The summed E-state index contributed by atoms with van der Waals surface area (Å²) < 4.78 is 39.9. The fourth-order valence-corrected chi connectivity index (χ4v) is 9.32. The molecule has 0 bridgehead atoms. The third kappa shape index (κ3) is 11.2. The van der Waals surface area contributed by atoms with Crippen LogP contribution in [-0.4, -0.2) is 78.6 Å². The van der Waals surface area contributed by atoms with Gasteiger partial charge in [0.05, 0.1) is 70.3 Å². The van der Waals surface area contributed by atoms with E-state index in [1.54, 1.807) is 85.6 Å². The zero-order valence-corrected chi connectivity index (χ0v) is 41.0. The van der Waals surface area contributed by atoms with E-state index in [9.17, 15) is 22.8 Å². The maximum Gasteiger partial charge on any atom is 0.253 e. The number of fused-ring (bicyclic) bond motifs is 1. The summed E-state index contributed by atoms with van der Waals surface area (Å²) in [5.41, 5.74) is 4.82. The van der Waals surface area contributed by atoms with Crippen molar-refractivity contribution in [1.82, 2.24) is 25.3 Å². The molecular weight excluding hydrogens is 958 g/mol. The maximum absolute atomic E-state index is 14.2. The lowest BCUT2D eigenvalue weighted by Crippen LogP contribution is -2.27. The molecule has 3 heterocycles. The van der Waals surface area contributed by atoms with Crippen LogP contribution in [0.15, 0.2) is 115 Å². The molecule has 1 aliphatic heterocycles. The number of allylic oxidation sites excluding steroid dienone is 1. The summed E-state index contributed by atoms with van der Waals surface area (Å²) in [5, 5.41) is 17.3. The van der Waals surface area contributed by atoms with Gasteiger partial charge in [-0.25, -0.2) is 18.4 Å². The van der Waals surface area contributed by atoms with Crippen molar-refractivity contribution in [1.29, 1.82) is 0 Å². The van der Waals surface area contributed by atoms with Crippen LogP contribution in [0.25, 0.3) is 0 Å². The predicted molar refractivity (Wildman–Crippen MR) is 274 cm³/mol. The van der Waals surface area contributed by atoms with Crippen LogP contribution in [0.1, 0.15) is 41.8 Å². The number of aromatic nitrogens is 4. The predicted octanol–water partition coefficient (Wildman–Crippen LogP) is 9.45. The Labute approximate surface area is 414 Å². The average Bonchev–Trinajstić information content (AvgIpc) is 3.81. The van der Waals surface area contributed by atoms with E-state index >= 15 is 0 Å². The number of anilines is 10. The Morgan fingerprint density at radius 3 is 2.20 bits per heavy atom. The third-order valence-electron chi connectivity index (χ3n) is 11.0. The largest absolute Gasteiger partial charge is 0.495 e. The number of nitrogens with one attached hydrogen (secondary N) is 6. The van der Waals surface area contributed by atoms with Crippen molar-refractivity contribution >= 4 is 108 Å². The second kappa shape index (κ2) is 22.1. The highest BCUT2D eigenvalue weighted by Gasteiger charge is 2.31. The first-order valence-electron chi connectivity index (χ1n) is 21.8. The fraction of sp³-hybridized carbons (Fsp3) is 0.204. The lowest BCUT2D eigenvalue weighted by molar-refractivity contribution is -0.114. The second-order valence-corrected chi connectivity index (χ2v) is 18.7. The molecule has 0 aliphatic carbocycles. The van der Waals surface area contributed by atoms with Crippen molar-refractivity contribution in [2.24, 2.45) is 0 Å². The first kappa shape index (κ1) is 50.1. The fourth-order valence-electron chi connectivity index (χ4n) is 7.55. The van der Waals surface area contributed by atoms with Gasteiger partial charge in [-0.2, -0.15) is 9.97 Å². The number of amides is 3. The van der Waals surface area contributed by atoms with Crippen molar-refractivity contribution in [2.75, 3.05) is 58.8 Å². The minimum atomic E-state index is -4.00. The van der Waals surface area contributed by atoms with Gasteiger partial charge in [-0.3, -0.25) is 14.4 Å². The molecule has 0 radical (unpaired) electrons. The van der Waals surface area contributed by atoms with Gasteiger partial charge in [0.2, 0.25) is 17.8 Å². The summed E-state index contributed by atoms with van der Waals surface area (Å²) >= 11 is 13.0. The van der Waals surface area contributed by atoms with Crippen LogP contribution in [-0.2, 0) is 25.8 Å². The van der Waals surface area contributed by atoms with Gasteiger partial charge < -0.3 is 46.3 Å². The van der Waals surface area contributed by atoms with Crippen molar-refractivity contribution in [3.63, 3.8) is 0 Å². The molecule has 1 atom stereocenters. The third-order valence-corrected chi connectivity index (χ3v) is 13.7. The Kier molecular flexibility index (Phi) is 15.9. The number of halogens is 2. The number of hydrogen-bond donors (Lipinski definition) is 6.